The van der Waals surface area contributed by atoms with Crippen LogP contribution in [-0.4, -0.2) is 64.8 Å². The molecule has 1 fully saturated rings. The Morgan fingerprint density at radius 1 is 1.00 bits per heavy atom. The normalized spacial score (nSPS) is 15.1. The maximum absolute atomic E-state index is 5.87. The number of nitrogens with one attached hydrogen (secondary N) is 1. The van der Waals surface area contributed by atoms with E-state index in [0.29, 0.717) is 17.5 Å². The van der Waals surface area contributed by atoms with E-state index in [1.165, 1.54) is 5.56 Å². The van der Waals surface area contributed by atoms with Gasteiger partial charge >= 0.3 is 0 Å². The zero-order valence-corrected chi connectivity index (χ0v) is 16.3. The zero-order chi connectivity index (χ0) is 19.3. The number of likely N-dealkylation sites (N-methyl/N-ethyl adjacent to an activating group) is 1. The SMILES string of the molecule is CCN1CCN(c2cncc(-c3nnc(-c4ccc(CNC)cc4)o3)n2)CC1. The van der Waals surface area contributed by atoms with E-state index in [-0.39, 0.29) is 0 Å². The van der Waals surface area contributed by atoms with Crippen molar-refractivity contribution in [3.8, 4) is 23.0 Å². The van der Waals surface area contributed by atoms with Gasteiger partial charge in [-0.3, -0.25) is 4.98 Å². The molecule has 1 saturated heterocycles. The number of aromatic nitrogens is 4. The Hall–Kier alpha value is -2.84. The minimum absolute atomic E-state index is 0.385. The summed E-state index contributed by atoms with van der Waals surface area (Å²) in [5, 5.41) is 11.5. The Labute approximate surface area is 164 Å². The van der Waals surface area contributed by atoms with E-state index in [2.05, 4.69) is 37.2 Å². The molecular weight excluding hydrogens is 354 g/mol. The van der Waals surface area contributed by atoms with Gasteiger partial charge in [-0.15, -0.1) is 10.2 Å². The highest BCUT2D eigenvalue weighted by Gasteiger charge is 2.19. The molecule has 0 aliphatic carbocycles. The molecule has 1 N–H and O–H groups in total. The molecule has 2 aromatic heterocycles. The van der Waals surface area contributed by atoms with Crippen LogP contribution in [-0.2, 0) is 6.54 Å². The monoisotopic (exact) mass is 379 g/mol. The fourth-order valence-corrected chi connectivity index (χ4v) is 3.32. The lowest BCUT2D eigenvalue weighted by Gasteiger charge is -2.34. The smallest absolute Gasteiger partial charge is 0.268 e. The number of hydrogen-bond donors (Lipinski definition) is 1. The molecule has 8 heteroatoms. The molecule has 0 bridgehead atoms. The highest BCUT2D eigenvalue weighted by molar-refractivity contribution is 5.56. The van der Waals surface area contributed by atoms with Crippen LogP contribution >= 0.6 is 0 Å². The summed E-state index contributed by atoms with van der Waals surface area (Å²) in [6.45, 7) is 8.06. The van der Waals surface area contributed by atoms with Gasteiger partial charge in [0.15, 0.2) is 0 Å². The fourth-order valence-electron chi connectivity index (χ4n) is 3.32. The summed E-state index contributed by atoms with van der Waals surface area (Å²) < 4.78 is 5.87. The summed E-state index contributed by atoms with van der Waals surface area (Å²) in [5.74, 6) is 1.72. The summed E-state index contributed by atoms with van der Waals surface area (Å²) in [7, 11) is 1.93. The lowest BCUT2D eigenvalue weighted by Crippen LogP contribution is -2.46. The summed E-state index contributed by atoms with van der Waals surface area (Å²) >= 11 is 0. The van der Waals surface area contributed by atoms with Gasteiger partial charge in [0.1, 0.15) is 11.5 Å². The largest absolute Gasteiger partial charge is 0.415 e. The van der Waals surface area contributed by atoms with Crippen molar-refractivity contribution in [2.75, 3.05) is 44.7 Å². The van der Waals surface area contributed by atoms with E-state index in [1.54, 1.807) is 12.4 Å². The first-order chi connectivity index (χ1) is 13.8. The summed E-state index contributed by atoms with van der Waals surface area (Å²) in [4.78, 5) is 13.7. The van der Waals surface area contributed by atoms with E-state index in [9.17, 15) is 0 Å². The van der Waals surface area contributed by atoms with Crippen molar-refractivity contribution in [3.63, 3.8) is 0 Å². The van der Waals surface area contributed by atoms with Crippen molar-refractivity contribution in [2.45, 2.75) is 13.5 Å². The van der Waals surface area contributed by atoms with Gasteiger partial charge in [-0.1, -0.05) is 19.1 Å². The number of piperazine rings is 1. The lowest BCUT2D eigenvalue weighted by molar-refractivity contribution is 0.270. The molecule has 3 heterocycles. The van der Waals surface area contributed by atoms with E-state index in [0.717, 1.165) is 50.6 Å². The zero-order valence-electron chi connectivity index (χ0n) is 16.3. The topological polar surface area (TPSA) is 83.2 Å². The standard InChI is InChI=1S/C20H25N7O/c1-3-26-8-10-27(11-9-26)18-14-22-13-17(23-18)20-25-24-19(28-20)16-6-4-15(5-7-16)12-21-2/h4-7,13-14,21H,3,8-12H2,1-2H3. The molecule has 0 amide bonds. The third kappa shape index (κ3) is 4.02. The van der Waals surface area contributed by atoms with Gasteiger partial charge in [-0.25, -0.2) is 4.98 Å². The van der Waals surface area contributed by atoms with E-state index >= 15 is 0 Å². The summed E-state index contributed by atoms with van der Waals surface area (Å²) in [6, 6.07) is 8.07. The van der Waals surface area contributed by atoms with Gasteiger partial charge in [-0.2, -0.15) is 0 Å². The molecule has 146 valence electrons. The predicted molar refractivity (Wildman–Crippen MR) is 108 cm³/mol. The quantitative estimate of drug-likeness (QED) is 0.697. The summed E-state index contributed by atoms with van der Waals surface area (Å²) in [5.41, 5.74) is 2.69. The Morgan fingerprint density at radius 2 is 1.75 bits per heavy atom. The molecule has 1 aromatic carbocycles. The molecule has 28 heavy (non-hydrogen) atoms. The molecule has 0 unspecified atom stereocenters. The van der Waals surface area contributed by atoms with Crippen molar-refractivity contribution < 1.29 is 4.42 Å². The molecule has 0 saturated carbocycles. The van der Waals surface area contributed by atoms with Crippen LogP contribution in [0.3, 0.4) is 0 Å². The maximum Gasteiger partial charge on any atom is 0.268 e. The lowest BCUT2D eigenvalue weighted by atomic mass is 10.1. The minimum atomic E-state index is 0.385. The average Bonchev–Trinajstić information content (AvgIpc) is 3.25. The summed E-state index contributed by atoms with van der Waals surface area (Å²) in [6.07, 6.45) is 3.46. The van der Waals surface area contributed by atoms with Crippen LogP contribution in [0.2, 0.25) is 0 Å². The number of anilines is 1. The van der Waals surface area contributed by atoms with Crippen molar-refractivity contribution in [3.05, 3.63) is 42.2 Å². The van der Waals surface area contributed by atoms with Crippen LogP contribution in [0.25, 0.3) is 23.0 Å². The van der Waals surface area contributed by atoms with Crippen LogP contribution in [0.1, 0.15) is 12.5 Å². The highest BCUT2D eigenvalue weighted by Crippen LogP contribution is 2.24. The number of nitrogens with zero attached hydrogens (tertiary/aromatic N) is 6. The predicted octanol–water partition coefficient (Wildman–Crippen LogP) is 2.05. The Bertz CT molecular complexity index is 901. The second kappa shape index (κ2) is 8.45. The number of rotatable bonds is 6. The van der Waals surface area contributed by atoms with Crippen LogP contribution in [0.15, 0.2) is 41.1 Å². The Balaban J connectivity index is 1.51. The van der Waals surface area contributed by atoms with E-state index in [1.807, 2.05) is 31.3 Å². The fraction of sp³-hybridized carbons (Fsp3) is 0.400. The molecule has 1 aliphatic rings. The third-order valence-electron chi connectivity index (χ3n) is 4.99. The van der Waals surface area contributed by atoms with Crippen molar-refractivity contribution in [1.82, 2.24) is 30.4 Å². The molecule has 0 spiro atoms. The van der Waals surface area contributed by atoms with E-state index in [4.69, 9.17) is 9.40 Å². The van der Waals surface area contributed by atoms with Crippen LogP contribution in [0.5, 0.6) is 0 Å². The first-order valence-corrected chi connectivity index (χ1v) is 9.64. The Kier molecular flexibility index (Phi) is 5.59. The average molecular weight is 379 g/mol. The van der Waals surface area contributed by atoms with Gasteiger partial charge < -0.3 is 19.5 Å². The molecule has 8 nitrogen and oxygen atoms in total. The molecule has 0 atom stereocenters. The van der Waals surface area contributed by atoms with Gasteiger partial charge in [0.25, 0.3) is 5.89 Å². The van der Waals surface area contributed by atoms with Crippen molar-refractivity contribution in [1.29, 1.82) is 0 Å². The van der Waals surface area contributed by atoms with Crippen molar-refractivity contribution >= 4 is 5.82 Å². The number of hydrogen-bond acceptors (Lipinski definition) is 8. The molecular formula is C20H25N7O. The van der Waals surface area contributed by atoms with Gasteiger partial charge in [0.2, 0.25) is 5.89 Å². The molecule has 4 rings (SSSR count). The third-order valence-corrected chi connectivity index (χ3v) is 4.99. The van der Waals surface area contributed by atoms with Crippen molar-refractivity contribution in [2.24, 2.45) is 0 Å². The highest BCUT2D eigenvalue weighted by atomic mass is 16.4. The maximum atomic E-state index is 5.87. The molecule has 0 radical (unpaired) electrons. The van der Waals surface area contributed by atoms with Crippen LogP contribution < -0.4 is 10.2 Å². The van der Waals surface area contributed by atoms with Crippen LogP contribution in [0, 0.1) is 0 Å². The molecule has 1 aliphatic heterocycles. The van der Waals surface area contributed by atoms with E-state index < -0.39 is 0 Å². The minimum Gasteiger partial charge on any atom is -0.415 e. The first-order valence-electron chi connectivity index (χ1n) is 9.64. The second-order valence-corrected chi connectivity index (χ2v) is 6.82. The van der Waals surface area contributed by atoms with Crippen LogP contribution in [0.4, 0.5) is 5.82 Å². The Morgan fingerprint density at radius 3 is 2.46 bits per heavy atom. The van der Waals surface area contributed by atoms with Gasteiger partial charge in [0, 0.05) is 38.3 Å². The van der Waals surface area contributed by atoms with Gasteiger partial charge in [-0.05, 0) is 31.3 Å². The first kappa shape index (κ1) is 18.5. The second-order valence-electron chi connectivity index (χ2n) is 6.82. The van der Waals surface area contributed by atoms with Gasteiger partial charge in [0.05, 0.1) is 12.4 Å². The number of benzene rings is 1. The molecule has 3 aromatic rings.